The van der Waals surface area contributed by atoms with Gasteiger partial charge in [-0.25, -0.2) is 4.79 Å². The van der Waals surface area contributed by atoms with Crippen LogP contribution in [0.25, 0.3) is 6.08 Å². The van der Waals surface area contributed by atoms with Crippen molar-refractivity contribution >= 4 is 23.8 Å². The van der Waals surface area contributed by atoms with Crippen molar-refractivity contribution < 1.29 is 24.2 Å². The van der Waals surface area contributed by atoms with Crippen LogP contribution in [0.15, 0.2) is 48.1 Å². The highest BCUT2D eigenvalue weighted by atomic mass is 16.6. The Bertz CT molecular complexity index is 1080. The Labute approximate surface area is 240 Å². The molecule has 222 valence electrons. The van der Waals surface area contributed by atoms with Gasteiger partial charge in [-0.05, 0) is 61.1 Å². The Morgan fingerprint density at radius 2 is 1.80 bits per heavy atom. The monoisotopic (exact) mass is 554 g/mol. The summed E-state index contributed by atoms with van der Waals surface area (Å²) in [6, 6.07) is 5.81. The standard InChI is InChI=1S/C33H50N2O5/c1-9-10-11-22(4)32(40-33(34)38)26(8)31(37)24(6)17-20(2)16-23(5)25(7)21(3)12-13-27-14-15-29-28(18-27)35-30(36)19-39-29/h10-16,18,21-26,31-32,37H,9,17,19H2,1-8H3,(H2,34,38)(H,35,36)/b11-10-,13-12-,20-16-/t21?,22?,23-,24-,25-,26-,31+,32-/m0/s1. The van der Waals surface area contributed by atoms with Crippen LogP contribution in [-0.2, 0) is 9.53 Å². The van der Waals surface area contributed by atoms with Gasteiger partial charge in [0.1, 0.15) is 11.9 Å². The number of allylic oxidation sites excluding steroid dienone is 4. The predicted octanol–water partition coefficient (Wildman–Crippen LogP) is 6.97. The third-order valence-electron chi connectivity index (χ3n) is 8.16. The van der Waals surface area contributed by atoms with Gasteiger partial charge in [-0.15, -0.1) is 0 Å². The smallest absolute Gasteiger partial charge is 0.404 e. The van der Waals surface area contributed by atoms with Gasteiger partial charge in [-0.1, -0.05) is 90.5 Å². The maximum atomic E-state index is 11.6. The van der Waals surface area contributed by atoms with Crippen molar-refractivity contribution in [3.8, 4) is 5.75 Å². The minimum absolute atomic E-state index is 0.0131. The number of ether oxygens (including phenoxy) is 2. The summed E-state index contributed by atoms with van der Waals surface area (Å²) in [6.07, 6.45) is 10.3. The molecule has 1 aliphatic heterocycles. The summed E-state index contributed by atoms with van der Waals surface area (Å²) in [7, 11) is 0. The molecule has 7 heteroatoms. The fourth-order valence-corrected chi connectivity index (χ4v) is 5.42. The number of aliphatic hydroxyl groups is 1. The van der Waals surface area contributed by atoms with Crippen molar-refractivity contribution in [3.05, 3.63) is 53.6 Å². The minimum atomic E-state index is -0.817. The molecular formula is C33H50N2O5. The first-order chi connectivity index (χ1) is 18.8. The van der Waals surface area contributed by atoms with Gasteiger partial charge < -0.3 is 25.6 Å². The highest BCUT2D eigenvalue weighted by Crippen LogP contribution is 2.31. The van der Waals surface area contributed by atoms with E-state index in [1.807, 2.05) is 58.0 Å². The zero-order chi connectivity index (χ0) is 30.0. The van der Waals surface area contributed by atoms with Gasteiger partial charge in [-0.3, -0.25) is 4.79 Å². The van der Waals surface area contributed by atoms with Crippen molar-refractivity contribution in [3.63, 3.8) is 0 Å². The molecule has 2 unspecified atom stereocenters. The third kappa shape index (κ3) is 9.84. The molecule has 8 atom stereocenters. The average Bonchev–Trinajstić information content (AvgIpc) is 2.91. The number of primary amides is 1. The SMILES string of the molecule is CC/C=C\C(C)[C@H](OC(N)=O)[C@@H](C)[C@H](O)[C@@H](C)C/C(C)=C\[C@H](C)[C@@H](C)C(C)/C=C\c1ccc2c(c1)NC(=O)CO2. The number of hydrogen-bond acceptors (Lipinski definition) is 5. The van der Waals surface area contributed by atoms with Crippen LogP contribution >= 0.6 is 0 Å². The molecule has 0 saturated heterocycles. The average molecular weight is 555 g/mol. The minimum Gasteiger partial charge on any atom is -0.482 e. The molecule has 0 aliphatic carbocycles. The fraction of sp³-hybridized carbons (Fsp3) is 0.576. The quantitative estimate of drug-likeness (QED) is 0.215. The van der Waals surface area contributed by atoms with Crippen molar-refractivity contribution in [1.29, 1.82) is 0 Å². The molecule has 1 aromatic carbocycles. The van der Waals surface area contributed by atoms with Crippen molar-refractivity contribution in [1.82, 2.24) is 0 Å². The molecule has 0 aromatic heterocycles. The highest BCUT2D eigenvalue weighted by molar-refractivity contribution is 5.95. The Morgan fingerprint density at radius 1 is 1.10 bits per heavy atom. The van der Waals surface area contributed by atoms with E-state index in [9.17, 15) is 14.7 Å². The Balaban J connectivity index is 1.99. The van der Waals surface area contributed by atoms with E-state index in [4.69, 9.17) is 15.2 Å². The maximum Gasteiger partial charge on any atom is 0.404 e. The van der Waals surface area contributed by atoms with E-state index in [2.05, 4.69) is 51.2 Å². The Morgan fingerprint density at radius 3 is 2.45 bits per heavy atom. The molecule has 0 radical (unpaired) electrons. The lowest BCUT2D eigenvalue weighted by atomic mass is 9.80. The van der Waals surface area contributed by atoms with E-state index in [0.717, 1.165) is 18.4 Å². The number of benzene rings is 1. The molecule has 0 fully saturated rings. The van der Waals surface area contributed by atoms with Crippen LogP contribution in [0.2, 0.25) is 0 Å². The summed E-state index contributed by atoms with van der Waals surface area (Å²) >= 11 is 0. The third-order valence-corrected chi connectivity index (χ3v) is 8.16. The number of nitrogens with two attached hydrogens (primary N) is 1. The first-order valence-electron chi connectivity index (χ1n) is 14.6. The molecule has 4 N–H and O–H groups in total. The van der Waals surface area contributed by atoms with Crippen LogP contribution < -0.4 is 15.8 Å². The summed E-state index contributed by atoms with van der Waals surface area (Å²) in [4.78, 5) is 23.2. The van der Waals surface area contributed by atoms with E-state index in [-0.39, 0.29) is 30.3 Å². The van der Waals surface area contributed by atoms with E-state index in [0.29, 0.717) is 29.2 Å². The van der Waals surface area contributed by atoms with Gasteiger partial charge in [0, 0.05) is 11.8 Å². The number of fused-ring (bicyclic) bond motifs is 1. The maximum absolute atomic E-state index is 11.6. The number of hydrogen-bond donors (Lipinski definition) is 3. The van der Waals surface area contributed by atoms with Crippen LogP contribution in [0.3, 0.4) is 0 Å². The molecule has 1 aromatic rings. The lowest BCUT2D eigenvalue weighted by Gasteiger charge is -2.33. The summed E-state index contributed by atoms with van der Waals surface area (Å²) in [5, 5.41) is 14.0. The number of anilines is 1. The number of carbonyl (C=O) groups excluding carboxylic acids is 2. The first-order valence-corrected chi connectivity index (χ1v) is 14.6. The molecule has 0 saturated carbocycles. The second-order valence-electron chi connectivity index (χ2n) is 11.7. The molecule has 2 rings (SSSR count). The lowest BCUT2D eigenvalue weighted by molar-refractivity contribution is -0.118. The summed E-state index contributed by atoms with van der Waals surface area (Å²) in [6.45, 7) is 16.9. The predicted molar refractivity (Wildman–Crippen MR) is 163 cm³/mol. The Kier molecular flexibility index (Phi) is 13.0. The van der Waals surface area contributed by atoms with Gasteiger partial charge in [0.05, 0.1) is 11.8 Å². The van der Waals surface area contributed by atoms with Gasteiger partial charge in [-0.2, -0.15) is 0 Å². The van der Waals surface area contributed by atoms with Crippen LogP contribution in [0.4, 0.5) is 10.5 Å². The van der Waals surface area contributed by atoms with Crippen LogP contribution in [0.1, 0.15) is 73.8 Å². The zero-order valence-corrected chi connectivity index (χ0v) is 25.5. The first kappa shape index (κ1) is 33.1. The highest BCUT2D eigenvalue weighted by Gasteiger charge is 2.33. The number of aliphatic hydroxyl groups excluding tert-OH is 1. The Hall–Kier alpha value is -3.06. The molecule has 1 aliphatic rings. The molecule has 0 bridgehead atoms. The number of rotatable bonds is 14. The number of amides is 2. The van der Waals surface area contributed by atoms with Crippen molar-refractivity contribution in [2.75, 3.05) is 11.9 Å². The van der Waals surface area contributed by atoms with Gasteiger partial charge in [0.15, 0.2) is 6.61 Å². The van der Waals surface area contributed by atoms with E-state index >= 15 is 0 Å². The normalized spacial score (nSPS) is 20.0. The van der Waals surface area contributed by atoms with Crippen molar-refractivity contribution in [2.45, 2.75) is 80.4 Å². The second kappa shape index (κ2) is 15.7. The second-order valence-corrected chi connectivity index (χ2v) is 11.7. The summed E-state index contributed by atoms with van der Waals surface area (Å²) in [5.41, 5.74) is 8.29. The molecular weight excluding hydrogens is 504 g/mol. The topological polar surface area (TPSA) is 111 Å². The van der Waals surface area contributed by atoms with E-state index < -0.39 is 18.3 Å². The van der Waals surface area contributed by atoms with E-state index in [1.54, 1.807) is 0 Å². The summed E-state index contributed by atoms with van der Waals surface area (Å²) in [5.74, 6) is 1.28. The number of nitrogens with one attached hydrogen (secondary N) is 1. The van der Waals surface area contributed by atoms with Crippen LogP contribution in [0, 0.1) is 35.5 Å². The largest absolute Gasteiger partial charge is 0.482 e. The molecule has 2 amide bonds. The fourth-order valence-electron chi connectivity index (χ4n) is 5.42. The van der Waals surface area contributed by atoms with E-state index in [1.165, 1.54) is 5.57 Å². The molecule has 0 spiro atoms. The molecule has 40 heavy (non-hydrogen) atoms. The molecule has 7 nitrogen and oxygen atoms in total. The van der Waals surface area contributed by atoms with Crippen LogP contribution in [0.5, 0.6) is 5.75 Å². The van der Waals surface area contributed by atoms with Crippen molar-refractivity contribution in [2.24, 2.45) is 41.2 Å². The van der Waals surface area contributed by atoms with Gasteiger partial charge >= 0.3 is 6.09 Å². The lowest BCUT2D eigenvalue weighted by Crippen LogP contribution is -2.41. The van der Waals surface area contributed by atoms with Gasteiger partial charge in [0.25, 0.3) is 5.91 Å². The number of carbonyl (C=O) groups is 2. The van der Waals surface area contributed by atoms with Crippen LogP contribution in [-0.4, -0.2) is 35.9 Å². The summed E-state index contributed by atoms with van der Waals surface area (Å²) < 4.78 is 10.9. The molecule has 1 heterocycles. The zero-order valence-electron chi connectivity index (χ0n) is 25.5. The van der Waals surface area contributed by atoms with Gasteiger partial charge in [0.2, 0.25) is 0 Å².